The zero-order chi connectivity index (χ0) is 14.4. The Labute approximate surface area is 120 Å². The summed E-state index contributed by atoms with van der Waals surface area (Å²) in [7, 11) is 1.70. The fourth-order valence-electron chi connectivity index (χ4n) is 2.07. The summed E-state index contributed by atoms with van der Waals surface area (Å²) in [4.78, 5) is 0. The summed E-state index contributed by atoms with van der Waals surface area (Å²) < 4.78 is 6.84. The molecule has 0 bridgehead atoms. The summed E-state index contributed by atoms with van der Waals surface area (Å²) in [6.45, 7) is 6.58. The molecule has 108 valence electrons. The monoisotopic (exact) mass is 274 g/mol. The first kappa shape index (κ1) is 14.7. The first-order chi connectivity index (χ1) is 9.72. The summed E-state index contributed by atoms with van der Waals surface area (Å²) in [6.07, 6.45) is 1.97. The Bertz CT molecular complexity index is 536. The van der Waals surface area contributed by atoms with Crippen molar-refractivity contribution >= 4 is 0 Å². The first-order valence-corrected chi connectivity index (χ1v) is 6.92. The van der Waals surface area contributed by atoms with Crippen molar-refractivity contribution in [2.75, 3.05) is 20.3 Å². The number of rotatable bonds is 7. The maximum Gasteiger partial charge on any atom is 0.0969 e. The van der Waals surface area contributed by atoms with Crippen molar-refractivity contribution in [3.63, 3.8) is 0 Å². The molecule has 0 spiro atoms. The third-order valence-corrected chi connectivity index (χ3v) is 3.14. The van der Waals surface area contributed by atoms with Crippen LogP contribution in [-0.2, 0) is 11.3 Å². The summed E-state index contributed by atoms with van der Waals surface area (Å²) in [5.41, 5.74) is 3.30. The van der Waals surface area contributed by atoms with Gasteiger partial charge in [0.2, 0.25) is 0 Å². The lowest BCUT2D eigenvalue weighted by atomic mass is 10.0. The van der Waals surface area contributed by atoms with Gasteiger partial charge in [0.25, 0.3) is 0 Å². The van der Waals surface area contributed by atoms with E-state index in [4.69, 9.17) is 4.74 Å². The average Bonchev–Trinajstić information content (AvgIpc) is 2.92. The van der Waals surface area contributed by atoms with Gasteiger partial charge in [-0.1, -0.05) is 37.3 Å². The van der Waals surface area contributed by atoms with E-state index >= 15 is 0 Å². The number of methoxy groups -OCH3 is 1. The van der Waals surface area contributed by atoms with Gasteiger partial charge in [-0.25, -0.2) is 4.68 Å². The van der Waals surface area contributed by atoms with Crippen LogP contribution in [0.4, 0.5) is 0 Å². The smallest absolute Gasteiger partial charge is 0.0969 e. The maximum atomic E-state index is 4.99. The second-order valence-electron chi connectivity index (χ2n) is 5.04. The molecule has 20 heavy (non-hydrogen) atoms. The van der Waals surface area contributed by atoms with Crippen LogP contribution in [0.25, 0.3) is 5.69 Å². The van der Waals surface area contributed by atoms with E-state index < -0.39 is 0 Å². The van der Waals surface area contributed by atoms with E-state index in [1.807, 2.05) is 16.9 Å². The van der Waals surface area contributed by atoms with Crippen LogP contribution in [0.3, 0.4) is 0 Å². The average molecular weight is 274 g/mol. The zero-order valence-electron chi connectivity index (χ0n) is 12.3. The molecule has 1 aromatic carbocycles. The third-order valence-electron chi connectivity index (χ3n) is 3.14. The van der Waals surface area contributed by atoms with Crippen molar-refractivity contribution in [2.24, 2.45) is 0 Å². The molecule has 0 aliphatic carbocycles. The molecule has 1 N–H and O–H groups in total. The van der Waals surface area contributed by atoms with Crippen molar-refractivity contribution in [2.45, 2.75) is 26.3 Å². The Kier molecular flexibility index (Phi) is 5.26. The second-order valence-corrected chi connectivity index (χ2v) is 5.04. The third kappa shape index (κ3) is 3.65. The highest BCUT2D eigenvalue weighted by atomic mass is 16.5. The largest absolute Gasteiger partial charge is 0.383 e. The number of hydrogen-bond donors (Lipinski definition) is 1. The molecule has 0 aliphatic heterocycles. The lowest BCUT2D eigenvalue weighted by Crippen LogP contribution is -2.18. The predicted octanol–water partition coefficient (Wildman–Crippen LogP) is 2.13. The molecule has 0 unspecified atom stereocenters. The summed E-state index contributed by atoms with van der Waals surface area (Å²) in [6, 6.07) is 8.30. The normalized spacial score (nSPS) is 11.2. The number of para-hydroxylation sites is 1. The number of nitrogens with one attached hydrogen (secondary N) is 1. The summed E-state index contributed by atoms with van der Waals surface area (Å²) >= 11 is 0. The quantitative estimate of drug-likeness (QED) is 0.786. The highest BCUT2D eigenvalue weighted by Gasteiger charge is 2.09. The maximum absolute atomic E-state index is 4.99. The molecule has 0 saturated carbocycles. The minimum absolute atomic E-state index is 0.457. The van der Waals surface area contributed by atoms with Gasteiger partial charge in [0, 0.05) is 20.2 Å². The van der Waals surface area contributed by atoms with Gasteiger partial charge in [-0.15, -0.1) is 5.10 Å². The van der Waals surface area contributed by atoms with Crippen LogP contribution in [-0.4, -0.2) is 35.3 Å². The van der Waals surface area contributed by atoms with Crippen LogP contribution in [0.1, 0.15) is 31.0 Å². The van der Waals surface area contributed by atoms with Crippen molar-refractivity contribution < 1.29 is 4.74 Å². The Morgan fingerprint density at radius 2 is 2.10 bits per heavy atom. The Hall–Kier alpha value is -1.72. The van der Waals surface area contributed by atoms with Gasteiger partial charge in [-0.05, 0) is 17.5 Å². The van der Waals surface area contributed by atoms with Gasteiger partial charge >= 0.3 is 0 Å². The molecule has 0 aliphatic rings. The van der Waals surface area contributed by atoms with Crippen LogP contribution < -0.4 is 5.32 Å². The van der Waals surface area contributed by atoms with Crippen LogP contribution in [0.5, 0.6) is 0 Å². The Balaban J connectivity index is 2.09. The molecule has 1 aromatic heterocycles. The van der Waals surface area contributed by atoms with Crippen LogP contribution in [0.2, 0.25) is 0 Å². The van der Waals surface area contributed by atoms with Gasteiger partial charge in [0.1, 0.15) is 0 Å². The standard InChI is InChI=1S/C15H22N4O/c1-12(2)14-6-4-5-7-15(14)19-11-13(17-18-19)10-16-8-9-20-3/h4-7,11-12,16H,8-10H2,1-3H3. The lowest BCUT2D eigenvalue weighted by Gasteiger charge is -2.11. The fraction of sp³-hybridized carbons (Fsp3) is 0.467. The number of hydrogen-bond acceptors (Lipinski definition) is 4. The highest BCUT2D eigenvalue weighted by Crippen LogP contribution is 2.21. The molecular formula is C15H22N4O. The molecule has 0 atom stereocenters. The van der Waals surface area contributed by atoms with E-state index in [2.05, 4.69) is 47.7 Å². The topological polar surface area (TPSA) is 52.0 Å². The molecule has 0 saturated heterocycles. The molecule has 2 rings (SSSR count). The summed E-state index contributed by atoms with van der Waals surface area (Å²) in [5.74, 6) is 0.457. The molecule has 2 aromatic rings. The van der Waals surface area contributed by atoms with E-state index in [1.54, 1.807) is 7.11 Å². The molecule has 5 nitrogen and oxygen atoms in total. The van der Waals surface area contributed by atoms with Crippen LogP contribution in [0.15, 0.2) is 30.5 Å². The van der Waals surface area contributed by atoms with Crippen molar-refractivity contribution in [3.05, 3.63) is 41.7 Å². The van der Waals surface area contributed by atoms with Crippen molar-refractivity contribution in [1.29, 1.82) is 0 Å². The van der Waals surface area contributed by atoms with E-state index in [-0.39, 0.29) is 0 Å². The minimum Gasteiger partial charge on any atom is -0.383 e. The second kappa shape index (κ2) is 7.17. The SMILES string of the molecule is COCCNCc1cn(-c2ccccc2C(C)C)nn1. The number of ether oxygens (including phenoxy) is 1. The predicted molar refractivity (Wildman–Crippen MR) is 79.0 cm³/mol. The number of aromatic nitrogens is 3. The molecular weight excluding hydrogens is 252 g/mol. The van der Waals surface area contributed by atoms with Gasteiger partial charge in [0.15, 0.2) is 0 Å². The van der Waals surface area contributed by atoms with E-state index in [1.165, 1.54) is 5.56 Å². The van der Waals surface area contributed by atoms with Gasteiger partial charge < -0.3 is 10.1 Å². The highest BCUT2D eigenvalue weighted by molar-refractivity contribution is 5.42. The minimum atomic E-state index is 0.457. The van der Waals surface area contributed by atoms with Gasteiger partial charge in [-0.2, -0.15) is 0 Å². The summed E-state index contributed by atoms with van der Waals surface area (Å²) in [5, 5.41) is 11.7. The Morgan fingerprint density at radius 1 is 1.30 bits per heavy atom. The zero-order valence-corrected chi connectivity index (χ0v) is 12.3. The molecule has 0 radical (unpaired) electrons. The van der Waals surface area contributed by atoms with Crippen molar-refractivity contribution in [1.82, 2.24) is 20.3 Å². The van der Waals surface area contributed by atoms with E-state index in [9.17, 15) is 0 Å². The van der Waals surface area contributed by atoms with Crippen molar-refractivity contribution in [3.8, 4) is 5.69 Å². The number of nitrogens with zero attached hydrogens (tertiary/aromatic N) is 3. The van der Waals surface area contributed by atoms with E-state index in [0.29, 0.717) is 19.1 Å². The molecule has 0 fully saturated rings. The molecule has 5 heteroatoms. The van der Waals surface area contributed by atoms with E-state index in [0.717, 1.165) is 17.9 Å². The van der Waals surface area contributed by atoms with Crippen LogP contribution >= 0.6 is 0 Å². The van der Waals surface area contributed by atoms with Gasteiger partial charge in [0.05, 0.1) is 24.2 Å². The lowest BCUT2D eigenvalue weighted by molar-refractivity contribution is 0.199. The molecule has 1 heterocycles. The van der Waals surface area contributed by atoms with Crippen LogP contribution in [0, 0.1) is 0 Å². The van der Waals surface area contributed by atoms with Gasteiger partial charge in [-0.3, -0.25) is 0 Å². The first-order valence-electron chi connectivity index (χ1n) is 6.92. The fourth-order valence-corrected chi connectivity index (χ4v) is 2.07. The number of benzene rings is 1. The molecule has 0 amide bonds. The Morgan fingerprint density at radius 3 is 2.85 bits per heavy atom.